The predicted molar refractivity (Wildman–Crippen MR) is 78.5 cm³/mol. The van der Waals surface area contributed by atoms with Gasteiger partial charge in [-0.15, -0.1) is 0 Å². The molecular weight excluding hydrogens is 284 g/mol. The summed E-state index contributed by atoms with van der Waals surface area (Å²) in [7, 11) is 1.77. The first-order valence-corrected chi connectivity index (χ1v) is 6.68. The lowest BCUT2D eigenvalue weighted by Crippen LogP contribution is -2.19. The van der Waals surface area contributed by atoms with Crippen LogP contribution in [0, 0.1) is 12.7 Å². The predicted octanol–water partition coefficient (Wildman–Crippen LogP) is 4.75. The third-order valence-electron chi connectivity index (χ3n) is 3.11. The highest BCUT2D eigenvalue weighted by atomic mass is 35.5. The summed E-state index contributed by atoms with van der Waals surface area (Å²) < 4.78 is 14.2. The lowest BCUT2D eigenvalue weighted by atomic mass is 9.96. The molecule has 0 heterocycles. The molecule has 0 saturated heterocycles. The van der Waals surface area contributed by atoms with Crippen LogP contribution in [0.1, 0.15) is 22.7 Å². The molecule has 0 spiro atoms. The van der Waals surface area contributed by atoms with Crippen molar-refractivity contribution in [3.8, 4) is 0 Å². The third-order valence-corrected chi connectivity index (χ3v) is 3.95. The second-order valence-electron chi connectivity index (χ2n) is 4.34. The maximum absolute atomic E-state index is 14.2. The fourth-order valence-electron chi connectivity index (χ4n) is 2.12. The van der Waals surface area contributed by atoms with Gasteiger partial charge in [-0.1, -0.05) is 53.5 Å². The molecule has 1 unspecified atom stereocenters. The Morgan fingerprint density at radius 1 is 1.05 bits per heavy atom. The number of nitrogens with one attached hydrogen (secondary N) is 1. The van der Waals surface area contributed by atoms with Crippen LogP contribution >= 0.6 is 23.2 Å². The molecule has 0 amide bonds. The Morgan fingerprint density at radius 2 is 1.68 bits per heavy atom. The summed E-state index contributed by atoms with van der Waals surface area (Å²) in [6.07, 6.45) is 0. The first-order chi connectivity index (χ1) is 9.06. The molecule has 0 aliphatic rings. The van der Waals surface area contributed by atoms with Crippen LogP contribution < -0.4 is 5.32 Å². The van der Waals surface area contributed by atoms with Crippen LogP contribution in [0.2, 0.25) is 10.0 Å². The van der Waals surface area contributed by atoms with Gasteiger partial charge in [0.2, 0.25) is 0 Å². The molecular formula is C15H14Cl2FN. The van der Waals surface area contributed by atoms with Gasteiger partial charge in [0.05, 0.1) is 16.1 Å². The summed E-state index contributed by atoms with van der Waals surface area (Å²) in [5, 5.41) is 4.00. The van der Waals surface area contributed by atoms with Crippen molar-refractivity contribution >= 4 is 23.2 Å². The Kier molecular flexibility index (Phi) is 4.46. The van der Waals surface area contributed by atoms with Crippen LogP contribution in [0.4, 0.5) is 4.39 Å². The topological polar surface area (TPSA) is 12.0 Å². The van der Waals surface area contributed by atoms with Crippen LogP contribution in [-0.2, 0) is 0 Å². The number of rotatable bonds is 3. The van der Waals surface area contributed by atoms with Gasteiger partial charge in [-0.3, -0.25) is 0 Å². The van der Waals surface area contributed by atoms with Gasteiger partial charge < -0.3 is 5.32 Å². The summed E-state index contributed by atoms with van der Waals surface area (Å²) in [6, 6.07) is 10.4. The SMILES string of the molecule is CNC(c1cccc(C)c1F)c1cccc(Cl)c1Cl. The van der Waals surface area contributed by atoms with Crippen LogP contribution in [-0.4, -0.2) is 7.05 Å². The van der Waals surface area contributed by atoms with Crippen molar-refractivity contribution in [1.82, 2.24) is 5.32 Å². The van der Waals surface area contributed by atoms with Gasteiger partial charge in [0.1, 0.15) is 5.82 Å². The van der Waals surface area contributed by atoms with E-state index in [1.807, 2.05) is 18.2 Å². The third kappa shape index (κ3) is 2.76. The van der Waals surface area contributed by atoms with E-state index in [1.165, 1.54) is 0 Å². The molecule has 0 bridgehead atoms. The van der Waals surface area contributed by atoms with E-state index in [1.54, 1.807) is 32.2 Å². The smallest absolute Gasteiger partial charge is 0.131 e. The standard InChI is InChI=1S/C15H14Cl2FN/c1-9-5-3-7-11(14(9)18)15(19-2)10-6-4-8-12(16)13(10)17/h3-8,15,19H,1-2H3. The van der Waals surface area contributed by atoms with Crippen molar-refractivity contribution in [3.63, 3.8) is 0 Å². The molecule has 0 aliphatic carbocycles. The molecule has 0 fully saturated rings. The van der Waals surface area contributed by atoms with E-state index in [4.69, 9.17) is 23.2 Å². The molecule has 0 radical (unpaired) electrons. The minimum Gasteiger partial charge on any atom is -0.309 e. The molecule has 2 rings (SSSR count). The largest absolute Gasteiger partial charge is 0.309 e. The minimum absolute atomic E-state index is 0.224. The van der Waals surface area contributed by atoms with Crippen LogP contribution in [0.15, 0.2) is 36.4 Å². The first-order valence-electron chi connectivity index (χ1n) is 5.92. The Labute approximate surface area is 122 Å². The zero-order valence-corrected chi connectivity index (χ0v) is 12.2. The van der Waals surface area contributed by atoms with Gasteiger partial charge in [0.15, 0.2) is 0 Å². The van der Waals surface area contributed by atoms with Gasteiger partial charge in [-0.2, -0.15) is 0 Å². The number of halogens is 3. The summed E-state index contributed by atoms with van der Waals surface area (Å²) in [5.41, 5.74) is 1.93. The van der Waals surface area contributed by atoms with Crippen LogP contribution in [0.5, 0.6) is 0 Å². The lowest BCUT2D eigenvalue weighted by Gasteiger charge is -2.20. The van der Waals surface area contributed by atoms with E-state index < -0.39 is 0 Å². The number of aryl methyl sites for hydroxylation is 1. The normalized spacial score (nSPS) is 12.5. The van der Waals surface area contributed by atoms with E-state index in [2.05, 4.69) is 5.32 Å². The second kappa shape index (κ2) is 5.91. The average Bonchev–Trinajstić information content (AvgIpc) is 2.40. The van der Waals surface area contributed by atoms with Crippen molar-refractivity contribution in [3.05, 3.63) is 69.0 Å². The van der Waals surface area contributed by atoms with E-state index >= 15 is 0 Å². The number of hydrogen-bond donors (Lipinski definition) is 1. The second-order valence-corrected chi connectivity index (χ2v) is 5.13. The summed E-state index contributed by atoms with van der Waals surface area (Å²) in [5.74, 6) is -0.224. The molecule has 0 aliphatic heterocycles. The van der Waals surface area contributed by atoms with Crippen molar-refractivity contribution in [2.75, 3.05) is 7.05 Å². The van der Waals surface area contributed by atoms with Crippen molar-refractivity contribution in [2.24, 2.45) is 0 Å². The highest BCUT2D eigenvalue weighted by Crippen LogP contribution is 2.34. The first kappa shape index (κ1) is 14.3. The van der Waals surface area contributed by atoms with Crippen LogP contribution in [0.3, 0.4) is 0 Å². The fraction of sp³-hybridized carbons (Fsp3) is 0.200. The van der Waals surface area contributed by atoms with E-state index in [0.29, 0.717) is 21.2 Å². The lowest BCUT2D eigenvalue weighted by molar-refractivity contribution is 0.569. The van der Waals surface area contributed by atoms with Gasteiger partial charge in [-0.25, -0.2) is 4.39 Å². The molecule has 0 saturated carbocycles. The molecule has 2 aromatic carbocycles. The summed E-state index contributed by atoms with van der Waals surface area (Å²) in [6.45, 7) is 1.74. The average molecular weight is 298 g/mol. The Balaban J connectivity index is 2.57. The monoisotopic (exact) mass is 297 g/mol. The molecule has 19 heavy (non-hydrogen) atoms. The fourth-order valence-corrected chi connectivity index (χ4v) is 2.53. The van der Waals surface area contributed by atoms with Gasteiger partial charge in [0, 0.05) is 5.56 Å². The van der Waals surface area contributed by atoms with Gasteiger partial charge in [-0.05, 0) is 31.2 Å². The molecule has 1 N–H and O–H groups in total. The number of benzene rings is 2. The van der Waals surface area contributed by atoms with E-state index in [9.17, 15) is 4.39 Å². The Hall–Kier alpha value is -1.09. The summed E-state index contributed by atoms with van der Waals surface area (Å²) in [4.78, 5) is 0. The van der Waals surface area contributed by atoms with Crippen LogP contribution in [0.25, 0.3) is 0 Å². The quantitative estimate of drug-likeness (QED) is 0.862. The highest BCUT2D eigenvalue weighted by Gasteiger charge is 2.20. The molecule has 1 nitrogen and oxygen atoms in total. The molecule has 100 valence electrons. The maximum atomic E-state index is 14.2. The molecule has 4 heteroatoms. The van der Waals surface area contributed by atoms with Gasteiger partial charge >= 0.3 is 0 Å². The zero-order valence-electron chi connectivity index (χ0n) is 10.7. The highest BCUT2D eigenvalue weighted by molar-refractivity contribution is 6.42. The molecule has 2 aromatic rings. The number of hydrogen-bond acceptors (Lipinski definition) is 1. The molecule has 1 atom stereocenters. The zero-order chi connectivity index (χ0) is 14.0. The Bertz CT molecular complexity index is 547. The van der Waals surface area contributed by atoms with Crippen molar-refractivity contribution in [2.45, 2.75) is 13.0 Å². The van der Waals surface area contributed by atoms with Gasteiger partial charge in [0.25, 0.3) is 0 Å². The molecule has 0 aromatic heterocycles. The van der Waals surface area contributed by atoms with E-state index in [-0.39, 0.29) is 11.9 Å². The van der Waals surface area contributed by atoms with Crippen molar-refractivity contribution < 1.29 is 4.39 Å². The summed E-state index contributed by atoms with van der Waals surface area (Å²) >= 11 is 12.2. The Morgan fingerprint density at radius 3 is 2.37 bits per heavy atom. The van der Waals surface area contributed by atoms with E-state index in [0.717, 1.165) is 5.56 Å². The maximum Gasteiger partial charge on any atom is 0.131 e. The minimum atomic E-state index is -0.328. The van der Waals surface area contributed by atoms with Crippen molar-refractivity contribution in [1.29, 1.82) is 0 Å².